The SMILES string of the molecule is Cc1cccc(C)c1-c1ccc(-c2c(C)cccc2C)c2c1c1ccc(Oc3[c-]c4c(cc3)c3ccccc3n4-c3ccccn3)[c-]c1c1nccn12.[Pt+2]. The van der Waals surface area contributed by atoms with E-state index in [9.17, 15) is 0 Å². The molecule has 0 aliphatic rings. The van der Waals surface area contributed by atoms with Crippen LogP contribution in [0.1, 0.15) is 22.3 Å². The average Bonchev–Trinajstić information content (AvgIpc) is 3.79. The predicted molar refractivity (Wildman–Crippen MR) is 216 cm³/mol. The molecular weight excluding hydrogens is 844 g/mol. The molecule has 0 N–H and O–H groups in total. The van der Waals surface area contributed by atoms with Crippen LogP contribution in [-0.2, 0) is 21.1 Å². The predicted octanol–water partition coefficient (Wildman–Crippen LogP) is 12.1. The first kappa shape index (κ1) is 33.8. The molecule has 0 amide bonds. The van der Waals surface area contributed by atoms with Gasteiger partial charge in [0.05, 0.1) is 5.65 Å². The Kier molecular flexibility index (Phi) is 8.21. The Balaban J connectivity index is 0.00000384. The number of aryl methyl sites for hydroxylation is 4. The van der Waals surface area contributed by atoms with Gasteiger partial charge in [0.15, 0.2) is 0 Å². The van der Waals surface area contributed by atoms with Crippen molar-refractivity contribution < 1.29 is 25.8 Å². The number of ether oxygens (including phenoxy) is 1. The Morgan fingerprint density at radius 3 is 1.93 bits per heavy atom. The molecule has 4 heterocycles. The van der Waals surface area contributed by atoms with Crippen molar-refractivity contribution in [3.63, 3.8) is 0 Å². The zero-order valence-electron chi connectivity index (χ0n) is 30.2. The van der Waals surface area contributed by atoms with Crippen LogP contribution in [0, 0.1) is 39.8 Å². The first-order valence-electron chi connectivity index (χ1n) is 17.9. The Labute approximate surface area is 327 Å². The van der Waals surface area contributed by atoms with Crippen LogP contribution in [0.5, 0.6) is 11.5 Å². The van der Waals surface area contributed by atoms with Gasteiger partial charge in [-0.25, -0.2) is 4.98 Å². The molecule has 0 spiro atoms. The Hall–Kier alpha value is -6.03. The number of nitrogens with zero attached hydrogens (tertiary/aromatic N) is 4. The summed E-state index contributed by atoms with van der Waals surface area (Å²) in [5.74, 6) is 2.03. The minimum Gasteiger partial charge on any atom is -0.503 e. The number of imidazole rings is 1. The Morgan fingerprint density at radius 2 is 1.20 bits per heavy atom. The number of pyridine rings is 2. The fraction of sp³-hybridized carbons (Fsp3) is 0.0833. The number of rotatable bonds is 5. The third-order valence-electron chi connectivity index (χ3n) is 10.6. The monoisotopic (exact) mass is 877 g/mol. The second-order valence-electron chi connectivity index (χ2n) is 13.9. The molecule has 6 aromatic carbocycles. The molecule has 0 fully saturated rings. The molecule has 0 aliphatic heterocycles. The number of benzene rings is 6. The van der Waals surface area contributed by atoms with Crippen molar-refractivity contribution in [3.05, 3.63) is 168 Å². The van der Waals surface area contributed by atoms with Crippen LogP contribution >= 0.6 is 0 Å². The Bertz CT molecular complexity index is 3050. The van der Waals surface area contributed by atoms with Crippen LogP contribution in [0.2, 0.25) is 0 Å². The molecule has 6 heteroatoms. The molecule has 4 aromatic heterocycles. The van der Waals surface area contributed by atoms with E-state index in [1.165, 1.54) is 49.9 Å². The van der Waals surface area contributed by atoms with Crippen LogP contribution in [0.25, 0.3) is 77.2 Å². The number of aromatic nitrogens is 4. The fourth-order valence-corrected chi connectivity index (χ4v) is 8.37. The third kappa shape index (κ3) is 5.18. The molecule has 0 saturated heterocycles. The van der Waals surface area contributed by atoms with Crippen LogP contribution in [0.3, 0.4) is 0 Å². The molecule has 0 saturated carbocycles. The first-order chi connectivity index (χ1) is 26.0. The van der Waals surface area contributed by atoms with Crippen molar-refractivity contribution in [3.8, 4) is 39.6 Å². The fourth-order valence-electron chi connectivity index (χ4n) is 8.37. The van der Waals surface area contributed by atoms with Gasteiger partial charge in [-0.3, -0.25) is 4.98 Å². The summed E-state index contributed by atoms with van der Waals surface area (Å²) in [6, 6.07) is 47.5. The van der Waals surface area contributed by atoms with Crippen molar-refractivity contribution in [2.45, 2.75) is 27.7 Å². The van der Waals surface area contributed by atoms with Crippen molar-refractivity contribution in [1.82, 2.24) is 18.9 Å². The molecular formula is C48H34N4OPt. The molecule has 5 nitrogen and oxygen atoms in total. The van der Waals surface area contributed by atoms with Crippen molar-refractivity contribution in [2.75, 3.05) is 0 Å². The van der Waals surface area contributed by atoms with E-state index in [0.717, 1.165) is 49.6 Å². The maximum Gasteiger partial charge on any atom is 2.00 e. The standard InChI is InChI=1S/C48H34N4O.Pt/c1-29-11-9-12-30(2)44(29)38-22-23-39(45-31(3)13-10-14-32(45)4)47-46(38)37-21-19-33(27-40(37)48-50-25-26-51(47)48)53-34-18-20-36-35-15-5-6-16-41(35)52(42(36)28-34)43-17-7-8-24-49-43;/h5-26H,1-4H3;/q-2;+2. The zero-order valence-corrected chi connectivity index (χ0v) is 32.5. The van der Waals surface area contributed by atoms with Gasteiger partial charge in [-0.1, -0.05) is 95.2 Å². The maximum atomic E-state index is 6.61. The van der Waals surface area contributed by atoms with E-state index >= 15 is 0 Å². The van der Waals surface area contributed by atoms with E-state index in [4.69, 9.17) is 9.72 Å². The summed E-state index contributed by atoms with van der Waals surface area (Å²) in [6.45, 7) is 8.79. The van der Waals surface area contributed by atoms with E-state index in [1.807, 2.05) is 42.7 Å². The van der Waals surface area contributed by atoms with E-state index < -0.39 is 0 Å². The second-order valence-corrected chi connectivity index (χ2v) is 13.9. The number of hydrogen-bond donors (Lipinski definition) is 0. The van der Waals surface area contributed by atoms with Crippen molar-refractivity contribution in [2.24, 2.45) is 0 Å². The van der Waals surface area contributed by atoms with Gasteiger partial charge in [0, 0.05) is 46.7 Å². The summed E-state index contributed by atoms with van der Waals surface area (Å²) in [5, 5.41) is 5.37. The van der Waals surface area contributed by atoms with Gasteiger partial charge in [0.1, 0.15) is 5.82 Å². The van der Waals surface area contributed by atoms with Gasteiger partial charge in [-0.15, -0.1) is 29.7 Å². The molecule has 0 atom stereocenters. The van der Waals surface area contributed by atoms with E-state index in [2.05, 4.69) is 145 Å². The normalized spacial score (nSPS) is 11.6. The molecule has 0 aliphatic carbocycles. The molecule has 54 heavy (non-hydrogen) atoms. The smallest absolute Gasteiger partial charge is 0.503 e. The van der Waals surface area contributed by atoms with Gasteiger partial charge < -0.3 is 13.7 Å². The minimum atomic E-state index is 0. The van der Waals surface area contributed by atoms with Crippen LogP contribution in [0.4, 0.5) is 0 Å². The van der Waals surface area contributed by atoms with Gasteiger partial charge in [-0.05, 0) is 95.6 Å². The van der Waals surface area contributed by atoms with E-state index in [0.29, 0.717) is 11.5 Å². The summed E-state index contributed by atoms with van der Waals surface area (Å²) < 4.78 is 11.0. The van der Waals surface area contributed by atoms with Gasteiger partial charge >= 0.3 is 21.1 Å². The quantitative estimate of drug-likeness (QED) is 0.128. The van der Waals surface area contributed by atoms with Crippen LogP contribution < -0.4 is 4.74 Å². The second kappa shape index (κ2) is 13.1. The van der Waals surface area contributed by atoms with E-state index in [-0.39, 0.29) is 21.1 Å². The minimum absolute atomic E-state index is 0. The summed E-state index contributed by atoms with van der Waals surface area (Å²) in [6.07, 6.45) is 5.77. The summed E-state index contributed by atoms with van der Waals surface area (Å²) in [5.41, 5.74) is 13.8. The van der Waals surface area contributed by atoms with Crippen molar-refractivity contribution in [1.29, 1.82) is 0 Å². The number of hydrogen-bond acceptors (Lipinski definition) is 3. The van der Waals surface area contributed by atoms with E-state index in [1.54, 1.807) is 0 Å². The van der Waals surface area contributed by atoms with Gasteiger partial charge in [0.25, 0.3) is 0 Å². The summed E-state index contributed by atoms with van der Waals surface area (Å²) >= 11 is 0. The maximum absolute atomic E-state index is 6.61. The average molecular weight is 878 g/mol. The van der Waals surface area contributed by atoms with Gasteiger partial charge in [0.2, 0.25) is 0 Å². The first-order valence-corrected chi connectivity index (χ1v) is 17.9. The Morgan fingerprint density at radius 1 is 0.556 bits per heavy atom. The van der Waals surface area contributed by atoms with Crippen LogP contribution in [0.15, 0.2) is 134 Å². The third-order valence-corrected chi connectivity index (χ3v) is 10.6. The summed E-state index contributed by atoms with van der Waals surface area (Å²) in [7, 11) is 0. The summed E-state index contributed by atoms with van der Waals surface area (Å²) in [4.78, 5) is 9.61. The van der Waals surface area contributed by atoms with Crippen LogP contribution in [-0.4, -0.2) is 18.9 Å². The molecule has 10 aromatic rings. The van der Waals surface area contributed by atoms with Gasteiger partial charge in [-0.2, -0.15) is 6.07 Å². The molecule has 0 unspecified atom stereocenters. The van der Waals surface area contributed by atoms with Crippen molar-refractivity contribution >= 4 is 49.1 Å². The molecule has 0 bridgehead atoms. The number of fused-ring (bicyclic) bond motifs is 9. The number of para-hydroxylation sites is 1. The molecule has 10 rings (SSSR count). The largest absolute Gasteiger partial charge is 2.00 e. The molecule has 262 valence electrons. The molecule has 0 radical (unpaired) electrons. The topological polar surface area (TPSA) is 44.3 Å². The zero-order chi connectivity index (χ0) is 35.8.